The molecule has 0 heterocycles. The zero-order valence-corrected chi connectivity index (χ0v) is 20.1. The summed E-state index contributed by atoms with van der Waals surface area (Å²) in [7, 11) is -3.23. The van der Waals surface area contributed by atoms with Crippen LogP contribution < -0.4 is 0 Å². The highest BCUT2D eigenvalue weighted by Gasteiger charge is 2.41. The molecule has 0 aliphatic carbocycles. The summed E-state index contributed by atoms with van der Waals surface area (Å²) >= 11 is 7.29. The second-order valence-corrected chi connectivity index (χ2v) is 17.7. The maximum absolute atomic E-state index is 7.00. The molecule has 5 heteroatoms. The summed E-state index contributed by atoms with van der Waals surface area (Å²) in [5, 5.41) is 2.22. The van der Waals surface area contributed by atoms with Gasteiger partial charge in [0.15, 0.2) is 16.6 Å². The highest BCUT2D eigenvalue weighted by molar-refractivity contribution is 9.09. The minimum absolute atomic E-state index is 0.792. The molecule has 2 unspecified atom stereocenters. The first-order valence-corrected chi connectivity index (χ1v) is 16.8. The van der Waals surface area contributed by atoms with Gasteiger partial charge in [-0.25, -0.2) is 0 Å². The zero-order chi connectivity index (χ0) is 16.5. The summed E-state index contributed by atoms with van der Waals surface area (Å²) in [4.78, 5) is 0. The summed E-state index contributed by atoms with van der Waals surface area (Å²) in [5.74, 6) is 0. The Hall–Kier alpha value is 1.35. The first-order chi connectivity index (χ1) is 9.75. The van der Waals surface area contributed by atoms with Gasteiger partial charge in [0, 0.05) is 10.7 Å². The quantitative estimate of drug-likeness (QED) is 0.219. The Bertz CT molecular complexity index is 235. The van der Waals surface area contributed by atoms with Gasteiger partial charge in [0.1, 0.15) is 0 Å². The van der Waals surface area contributed by atoms with Crippen molar-refractivity contribution < 1.29 is 4.12 Å². The first-order valence-electron chi connectivity index (χ1n) is 8.57. The van der Waals surface area contributed by atoms with Crippen molar-refractivity contribution >= 4 is 48.5 Å². The van der Waals surface area contributed by atoms with Crippen LogP contribution in [0.1, 0.15) is 52.4 Å². The zero-order valence-electron chi connectivity index (χ0n) is 15.0. The van der Waals surface area contributed by atoms with Crippen LogP contribution in [0.5, 0.6) is 0 Å². The molecule has 0 saturated carbocycles. The van der Waals surface area contributed by atoms with Gasteiger partial charge in [0.05, 0.1) is 0 Å². The van der Waals surface area contributed by atoms with E-state index >= 15 is 0 Å². The van der Waals surface area contributed by atoms with Crippen LogP contribution in [0.15, 0.2) is 0 Å². The molecule has 0 spiro atoms. The minimum Gasteiger partial charge on any atom is -0.455 e. The van der Waals surface area contributed by atoms with Crippen molar-refractivity contribution in [2.45, 2.75) is 89.6 Å². The number of alkyl halides is 2. The predicted molar refractivity (Wildman–Crippen MR) is 110 cm³/mol. The fourth-order valence-electron chi connectivity index (χ4n) is 3.48. The van der Waals surface area contributed by atoms with Crippen LogP contribution >= 0.6 is 31.9 Å². The van der Waals surface area contributed by atoms with Crippen LogP contribution in [0, 0.1) is 0 Å². The molecule has 1 nitrogen and oxygen atoms in total. The van der Waals surface area contributed by atoms with E-state index in [1.54, 1.807) is 0 Å². The molecule has 0 rings (SSSR count). The topological polar surface area (TPSA) is 9.23 Å². The molecule has 0 amide bonds. The Morgan fingerprint density at radius 1 is 0.714 bits per heavy atom. The number of halogens is 2. The van der Waals surface area contributed by atoms with E-state index in [1.807, 2.05) is 0 Å². The molecule has 0 radical (unpaired) electrons. The Labute approximate surface area is 152 Å². The third-order valence-electron chi connectivity index (χ3n) is 4.68. The lowest BCUT2D eigenvalue weighted by atomic mass is 10.2. The number of rotatable bonds is 12. The van der Waals surface area contributed by atoms with Gasteiger partial charge < -0.3 is 4.12 Å². The standard InChI is InChI=1S/C16H36Br2OSi2/c1-7-9-15(11-13-17)20(3,4)19-21(5,6)16(10-8-2)12-14-18/h15-16H,7-14H2,1-6H3. The molecule has 2 atom stereocenters. The summed E-state index contributed by atoms with van der Waals surface area (Å²) in [6, 6.07) is 0. The van der Waals surface area contributed by atoms with Crippen molar-refractivity contribution in [3.63, 3.8) is 0 Å². The predicted octanol–water partition coefficient (Wildman–Crippen LogP) is 7.32. The molecule has 128 valence electrons. The number of hydrogen-bond donors (Lipinski definition) is 0. The summed E-state index contributed by atoms with van der Waals surface area (Å²) < 4.78 is 7.00. The molecule has 0 aromatic heterocycles. The fourth-order valence-corrected chi connectivity index (χ4v) is 15.8. The lowest BCUT2D eigenvalue weighted by molar-refractivity contribution is 0.469. The van der Waals surface area contributed by atoms with E-state index in [9.17, 15) is 0 Å². The fraction of sp³-hybridized carbons (Fsp3) is 1.00. The molecule has 21 heavy (non-hydrogen) atoms. The normalized spacial score (nSPS) is 16.0. The van der Waals surface area contributed by atoms with Crippen LogP contribution in [0.4, 0.5) is 0 Å². The molecule has 0 N–H and O–H groups in total. The molecule has 0 fully saturated rings. The van der Waals surface area contributed by atoms with Crippen molar-refractivity contribution in [3.05, 3.63) is 0 Å². The highest BCUT2D eigenvalue weighted by Crippen LogP contribution is 2.39. The van der Waals surface area contributed by atoms with Gasteiger partial charge in [-0.2, -0.15) is 0 Å². The second kappa shape index (κ2) is 11.0. The van der Waals surface area contributed by atoms with Gasteiger partial charge in [0.2, 0.25) is 0 Å². The summed E-state index contributed by atoms with van der Waals surface area (Å²) in [6.07, 6.45) is 7.75. The van der Waals surface area contributed by atoms with E-state index in [4.69, 9.17) is 4.12 Å². The van der Waals surface area contributed by atoms with E-state index in [0.29, 0.717) is 0 Å². The van der Waals surface area contributed by atoms with Gasteiger partial charge in [0.25, 0.3) is 0 Å². The maximum Gasteiger partial charge on any atom is 0.176 e. The number of hydrogen-bond acceptors (Lipinski definition) is 1. The molecule has 0 aliphatic rings. The lowest BCUT2D eigenvalue weighted by Crippen LogP contribution is -2.50. The molecule has 0 saturated heterocycles. The van der Waals surface area contributed by atoms with Crippen molar-refractivity contribution in [1.29, 1.82) is 0 Å². The average Bonchev–Trinajstić information content (AvgIpc) is 2.37. The Kier molecular flexibility index (Phi) is 11.7. The third-order valence-corrected chi connectivity index (χ3v) is 14.9. The second-order valence-electron chi connectivity index (χ2n) is 7.24. The van der Waals surface area contributed by atoms with Gasteiger partial charge in [-0.15, -0.1) is 0 Å². The maximum atomic E-state index is 7.00. The van der Waals surface area contributed by atoms with Crippen molar-refractivity contribution in [2.24, 2.45) is 0 Å². The van der Waals surface area contributed by atoms with Crippen LogP contribution in [-0.2, 0) is 4.12 Å². The molecule has 0 aromatic rings. The van der Waals surface area contributed by atoms with Crippen molar-refractivity contribution in [3.8, 4) is 0 Å². The van der Waals surface area contributed by atoms with Crippen LogP contribution in [0.2, 0.25) is 37.3 Å². The van der Waals surface area contributed by atoms with E-state index in [1.165, 1.54) is 38.5 Å². The SMILES string of the molecule is CCCC(CCBr)[Si](C)(C)O[Si](C)(C)C(CCC)CCBr. The van der Waals surface area contributed by atoms with Crippen LogP contribution in [0.25, 0.3) is 0 Å². The van der Waals surface area contributed by atoms with Gasteiger partial charge in [-0.3, -0.25) is 0 Å². The molecule has 0 aromatic carbocycles. The minimum atomic E-state index is -1.61. The van der Waals surface area contributed by atoms with Crippen LogP contribution in [0.3, 0.4) is 0 Å². The smallest absolute Gasteiger partial charge is 0.176 e. The molecule has 0 aliphatic heterocycles. The van der Waals surface area contributed by atoms with Gasteiger partial charge in [-0.1, -0.05) is 71.4 Å². The Balaban J connectivity index is 4.97. The third kappa shape index (κ3) is 8.14. The Morgan fingerprint density at radius 3 is 1.29 bits per heavy atom. The van der Waals surface area contributed by atoms with E-state index in [0.717, 1.165) is 21.7 Å². The highest BCUT2D eigenvalue weighted by atomic mass is 79.9. The van der Waals surface area contributed by atoms with Gasteiger partial charge >= 0.3 is 0 Å². The van der Waals surface area contributed by atoms with Crippen molar-refractivity contribution in [1.82, 2.24) is 0 Å². The molecule has 0 bridgehead atoms. The van der Waals surface area contributed by atoms with E-state index in [-0.39, 0.29) is 0 Å². The van der Waals surface area contributed by atoms with Crippen molar-refractivity contribution in [2.75, 3.05) is 10.7 Å². The summed E-state index contributed by atoms with van der Waals surface area (Å²) in [6.45, 7) is 14.4. The molecular weight excluding hydrogens is 424 g/mol. The first kappa shape index (κ1) is 22.4. The lowest BCUT2D eigenvalue weighted by Gasteiger charge is -2.43. The Morgan fingerprint density at radius 2 is 1.05 bits per heavy atom. The van der Waals surface area contributed by atoms with Crippen LogP contribution in [-0.4, -0.2) is 27.3 Å². The van der Waals surface area contributed by atoms with E-state index in [2.05, 4.69) is 71.9 Å². The van der Waals surface area contributed by atoms with E-state index < -0.39 is 16.6 Å². The van der Waals surface area contributed by atoms with Gasteiger partial charge in [-0.05, 0) is 50.1 Å². The molecular formula is C16H36Br2OSi2. The largest absolute Gasteiger partial charge is 0.455 e. The summed E-state index contributed by atoms with van der Waals surface area (Å²) in [5.41, 5.74) is 1.58. The monoisotopic (exact) mass is 458 g/mol. The average molecular weight is 460 g/mol.